The van der Waals surface area contributed by atoms with E-state index in [9.17, 15) is 8.78 Å². The number of halogens is 3. The molecule has 0 aliphatic heterocycles. The van der Waals surface area contributed by atoms with Crippen LogP contribution in [-0.4, -0.2) is 9.97 Å². The molecule has 1 aromatic heterocycles. The van der Waals surface area contributed by atoms with E-state index < -0.39 is 11.6 Å². The van der Waals surface area contributed by atoms with Crippen LogP contribution in [0.3, 0.4) is 0 Å². The van der Waals surface area contributed by atoms with E-state index in [1.54, 1.807) is 6.92 Å². The fourth-order valence-corrected chi connectivity index (χ4v) is 1.65. The van der Waals surface area contributed by atoms with Crippen molar-refractivity contribution in [3.05, 3.63) is 46.4 Å². The van der Waals surface area contributed by atoms with Crippen molar-refractivity contribution in [2.45, 2.75) is 20.3 Å². The van der Waals surface area contributed by atoms with E-state index >= 15 is 0 Å². The second kappa shape index (κ2) is 5.48. The SMILES string of the molecule is CCc1nc(Cl)c(C)c(Oc2cc(F)cc(F)c2)n1. The van der Waals surface area contributed by atoms with Gasteiger partial charge < -0.3 is 4.74 Å². The number of rotatable bonds is 3. The van der Waals surface area contributed by atoms with E-state index in [-0.39, 0.29) is 16.8 Å². The minimum absolute atomic E-state index is 0.0254. The number of hydrogen-bond donors (Lipinski definition) is 0. The van der Waals surface area contributed by atoms with Crippen LogP contribution >= 0.6 is 11.6 Å². The molecule has 0 aliphatic carbocycles. The van der Waals surface area contributed by atoms with Gasteiger partial charge in [-0.1, -0.05) is 18.5 Å². The Balaban J connectivity index is 2.39. The number of nitrogens with zero attached hydrogens (tertiary/aromatic N) is 2. The maximum atomic E-state index is 13.1. The van der Waals surface area contributed by atoms with Crippen molar-refractivity contribution >= 4 is 11.6 Å². The van der Waals surface area contributed by atoms with Crippen molar-refractivity contribution < 1.29 is 13.5 Å². The van der Waals surface area contributed by atoms with Gasteiger partial charge in [-0.3, -0.25) is 0 Å². The van der Waals surface area contributed by atoms with Gasteiger partial charge in [-0.2, -0.15) is 4.98 Å². The van der Waals surface area contributed by atoms with Crippen molar-refractivity contribution in [2.24, 2.45) is 0 Å². The highest BCUT2D eigenvalue weighted by Gasteiger charge is 2.12. The van der Waals surface area contributed by atoms with Gasteiger partial charge in [0.2, 0.25) is 5.88 Å². The van der Waals surface area contributed by atoms with Gasteiger partial charge in [0, 0.05) is 30.2 Å². The summed E-state index contributed by atoms with van der Waals surface area (Å²) in [5, 5.41) is 0.263. The Labute approximate surface area is 114 Å². The molecule has 100 valence electrons. The number of benzene rings is 1. The van der Waals surface area contributed by atoms with Crippen molar-refractivity contribution in [2.75, 3.05) is 0 Å². The molecule has 0 saturated heterocycles. The van der Waals surface area contributed by atoms with Crippen molar-refractivity contribution in [3.63, 3.8) is 0 Å². The maximum absolute atomic E-state index is 13.1. The van der Waals surface area contributed by atoms with Gasteiger partial charge in [0.25, 0.3) is 0 Å². The molecule has 1 heterocycles. The fourth-order valence-electron chi connectivity index (χ4n) is 1.47. The zero-order chi connectivity index (χ0) is 14.0. The molecular weight excluding hydrogens is 274 g/mol. The third-order valence-corrected chi connectivity index (χ3v) is 2.82. The Morgan fingerprint density at radius 1 is 1.16 bits per heavy atom. The summed E-state index contributed by atoms with van der Waals surface area (Å²) >= 11 is 5.95. The van der Waals surface area contributed by atoms with Crippen molar-refractivity contribution in [1.82, 2.24) is 9.97 Å². The lowest BCUT2D eigenvalue weighted by molar-refractivity contribution is 0.444. The van der Waals surface area contributed by atoms with Gasteiger partial charge in [0.05, 0.1) is 0 Å². The number of hydrogen-bond acceptors (Lipinski definition) is 3. The standard InChI is InChI=1S/C13H11ClF2N2O/c1-3-11-17-12(14)7(2)13(18-11)19-10-5-8(15)4-9(16)6-10/h4-6H,3H2,1-2H3. The van der Waals surface area contributed by atoms with Gasteiger partial charge in [-0.05, 0) is 6.92 Å². The highest BCUT2D eigenvalue weighted by atomic mass is 35.5. The average Bonchev–Trinajstić information content (AvgIpc) is 2.33. The highest BCUT2D eigenvalue weighted by Crippen LogP contribution is 2.27. The van der Waals surface area contributed by atoms with E-state index in [4.69, 9.17) is 16.3 Å². The maximum Gasteiger partial charge on any atom is 0.226 e. The number of ether oxygens (including phenoxy) is 1. The first-order valence-corrected chi connectivity index (χ1v) is 6.04. The molecule has 2 rings (SSSR count). The van der Waals surface area contributed by atoms with Crippen LogP contribution in [0.4, 0.5) is 8.78 Å². The van der Waals surface area contributed by atoms with Crippen molar-refractivity contribution in [1.29, 1.82) is 0 Å². The van der Waals surface area contributed by atoms with Crippen LogP contribution in [0.1, 0.15) is 18.3 Å². The zero-order valence-electron chi connectivity index (χ0n) is 10.4. The van der Waals surface area contributed by atoms with E-state index in [0.29, 0.717) is 17.8 Å². The number of aromatic nitrogens is 2. The summed E-state index contributed by atoms with van der Waals surface area (Å²) in [6.45, 7) is 3.54. The molecule has 0 bridgehead atoms. The van der Waals surface area contributed by atoms with Crippen LogP contribution < -0.4 is 4.74 Å². The molecule has 3 nitrogen and oxygen atoms in total. The van der Waals surface area contributed by atoms with Crippen LogP contribution in [0.5, 0.6) is 11.6 Å². The molecule has 1 aromatic carbocycles. The van der Waals surface area contributed by atoms with E-state index in [1.165, 1.54) is 0 Å². The predicted molar refractivity (Wildman–Crippen MR) is 67.6 cm³/mol. The van der Waals surface area contributed by atoms with Gasteiger partial charge in [-0.15, -0.1) is 0 Å². The van der Waals surface area contributed by atoms with E-state index in [2.05, 4.69) is 9.97 Å². The smallest absolute Gasteiger partial charge is 0.226 e. The zero-order valence-corrected chi connectivity index (χ0v) is 11.1. The van der Waals surface area contributed by atoms with Crippen LogP contribution in [-0.2, 0) is 6.42 Å². The minimum Gasteiger partial charge on any atom is -0.438 e. The normalized spacial score (nSPS) is 10.6. The number of aryl methyl sites for hydroxylation is 1. The molecular formula is C13H11ClF2N2O. The second-order valence-electron chi connectivity index (χ2n) is 3.92. The first kappa shape index (κ1) is 13.7. The van der Waals surface area contributed by atoms with E-state index in [0.717, 1.165) is 18.2 Å². The second-order valence-corrected chi connectivity index (χ2v) is 4.28. The molecule has 2 aromatic rings. The molecule has 0 aliphatic rings. The van der Waals surface area contributed by atoms with Gasteiger partial charge in [0.15, 0.2) is 0 Å². The first-order chi connectivity index (χ1) is 8.99. The predicted octanol–water partition coefficient (Wildman–Crippen LogP) is 4.07. The van der Waals surface area contributed by atoms with Crippen LogP contribution in [0.2, 0.25) is 5.15 Å². The third kappa shape index (κ3) is 3.17. The lowest BCUT2D eigenvalue weighted by Gasteiger charge is -2.10. The Morgan fingerprint density at radius 2 is 1.79 bits per heavy atom. The molecule has 0 fully saturated rings. The first-order valence-electron chi connectivity index (χ1n) is 5.66. The highest BCUT2D eigenvalue weighted by molar-refractivity contribution is 6.30. The molecule has 0 atom stereocenters. The molecule has 0 N–H and O–H groups in total. The van der Waals surface area contributed by atoms with Gasteiger partial charge in [0.1, 0.15) is 28.4 Å². The fraction of sp³-hybridized carbons (Fsp3) is 0.231. The summed E-state index contributed by atoms with van der Waals surface area (Å²) in [5.41, 5.74) is 0.517. The lowest BCUT2D eigenvalue weighted by Crippen LogP contribution is -2.00. The lowest BCUT2D eigenvalue weighted by atomic mass is 10.3. The molecule has 19 heavy (non-hydrogen) atoms. The molecule has 0 radical (unpaired) electrons. The quantitative estimate of drug-likeness (QED) is 0.797. The van der Waals surface area contributed by atoms with Crippen LogP contribution in [0, 0.1) is 18.6 Å². The molecule has 6 heteroatoms. The van der Waals surface area contributed by atoms with Gasteiger partial charge >= 0.3 is 0 Å². The molecule has 0 spiro atoms. The Morgan fingerprint density at radius 3 is 2.37 bits per heavy atom. The monoisotopic (exact) mass is 284 g/mol. The van der Waals surface area contributed by atoms with E-state index in [1.807, 2.05) is 6.92 Å². The van der Waals surface area contributed by atoms with Crippen LogP contribution in [0.15, 0.2) is 18.2 Å². The average molecular weight is 285 g/mol. The summed E-state index contributed by atoms with van der Waals surface area (Å²) in [4.78, 5) is 8.20. The Kier molecular flexibility index (Phi) is 3.95. The third-order valence-electron chi connectivity index (χ3n) is 2.45. The summed E-state index contributed by atoms with van der Waals surface area (Å²) in [6.07, 6.45) is 0.577. The van der Waals surface area contributed by atoms with Crippen LogP contribution in [0.25, 0.3) is 0 Å². The molecule has 0 amide bonds. The molecule has 0 saturated carbocycles. The minimum atomic E-state index is -0.719. The Hall–Kier alpha value is -1.75. The summed E-state index contributed by atoms with van der Waals surface area (Å²) < 4.78 is 31.5. The van der Waals surface area contributed by atoms with Crippen molar-refractivity contribution in [3.8, 4) is 11.6 Å². The topological polar surface area (TPSA) is 35.0 Å². The molecule has 0 unspecified atom stereocenters. The summed E-state index contributed by atoms with van der Waals surface area (Å²) in [6, 6.07) is 2.92. The summed E-state index contributed by atoms with van der Waals surface area (Å²) in [5.74, 6) is -0.714. The summed E-state index contributed by atoms with van der Waals surface area (Å²) in [7, 11) is 0. The Bertz CT molecular complexity index is 600. The largest absolute Gasteiger partial charge is 0.438 e. The van der Waals surface area contributed by atoms with Gasteiger partial charge in [-0.25, -0.2) is 13.8 Å².